The molecular weight excluding hydrogens is 690 g/mol. The first-order valence-corrected chi connectivity index (χ1v) is 18.8. The van der Waals surface area contributed by atoms with Gasteiger partial charge < -0.3 is 29.3 Å². The van der Waals surface area contributed by atoms with Crippen LogP contribution in [0.2, 0.25) is 0 Å². The Bertz CT molecular complexity index is 1370. The first-order chi connectivity index (χ1) is 23.6. The van der Waals surface area contributed by atoms with Crippen molar-refractivity contribution in [1.82, 2.24) is 14.7 Å². The minimum atomic E-state index is -1.21. The third-order valence-electron chi connectivity index (χ3n) is 11.1. The highest BCUT2D eigenvalue weighted by Gasteiger charge is 2.77. The third-order valence-corrected chi connectivity index (χ3v) is 11.9. The van der Waals surface area contributed by atoms with Crippen molar-refractivity contribution in [1.29, 1.82) is 0 Å². The zero-order chi connectivity index (χ0) is 35.3. The van der Waals surface area contributed by atoms with Gasteiger partial charge in [0, 0.05) is 44.0 Å². The van der Waals surface area contributed by atoms with E-state index >= 15 is 0 Å². The van der Waals surface area contributed by atoms with Crippen LogP contribution in [0, 0.1) is 11.8 Å². The summed E-state index contributed by atoms with van der Waals surface area (Å²) in [5.74, 6) is -3.00. The number of fused-ring (bicyclic) bond motifs is 1. The summed E-state index contributed by atoms with van der Waals surface area (Å²) < 4.78 is 13.1. The topological polar surface area (TPSA) is 117 Å². The second kappa shape index (κ2) is 16.3. The van der Waals surface area contributed by atoms with Crippen molar-refractivity contribution in [3.63, 3.8) is 0 Å². The number of ether oxygens (including phenoxy) is 2. The number of unbranched alkanes of at least 4 members (excludes halogenated alkanes) is 1. The lowest BCUT2D eigenvalue weighted by atomic mass is 9.70. The van der Waals surface area contributed by atoms with Crippen molar-refractivity contribution in [2.24, 2.45) is 11.8 Å². The number of rotatable bonds is 16. The third kappa shape index (κ3) is 7.26. The van der Waals surface area contributed by atoms with E-state index < -0.39 is 47.7 Å². The Morgan fingerprint density at radius 1 is 1.14 bits per heavy atom. The molecule has 1 N–H and O–H groups in total. The van der Waals surface area contributed by atoms with Gasteiger partial charge in [-0.2, -0.15) is 0 Å². The summed E-state index contributed by atoms with van der Waals surface area (Å²) in [5.41, 5.74) is -0.486. The van der Waals surface area contributed by atoms with E-state index in [2.05, 4.69) is 29.1 Å². The smallest absolute Gasteiger partial charge is 0.313 e. The molecule has 10 nitrogen and oxygen atoms in total. The first-order valence-electron chi connectivity index (χ1n) is 17.9. The van der Waals surface area contributed by atoms with Gasteiger partial charge in [-0.15, -0.1) is 13.2 Å². The molecule has 4 aliphatic rings. The summed E-state index contributed by atoms with van der Waals surface area (Å²) in [7, 11) is 1.70. The molecule has 49 heavy (non-hydrogen) atoms. The number of aliphatic hydroxyl groups excluding tert-OH is 1. The van der Waals surface area contributed by atoms with E-state index in [9.17, 15) is 24.3 Å². The normalized spacial score (nSPS) is 28.9. The van der Waals surface area contributed by atoms with Gasteiger partial charge in [-0.1, -0.05) is 77.7 Å². The molecule has 3 aliphatic heterocycles. The summed E-state index contributed by atoms with van der Waals surface area (Å²) in [6.07, 6.45) is 9.16. The van der Waals surface area contributed by atoms with Crippen molar-refractivity contribution in [3.8, 4) is 0 Å². The van der Waals surface area contributed by atoms with Gasteiger partial charge in [-0.05, 0) is 51.0 Å². The lowest BCUT2D eigenvalue weighted by Gasteiger charge is -2.41. The molecular formula is C38H52BrN3O7. The van der Waals surface area contributed by atoms with Crippen molar-refractivity contribution in [2.45, 2.75) is 112 Å². The molecule has 268 valence electrons. The molecule has 2 bridgehead atoms. The number of benzene rings is 1. The van der Waals surface area contributed by atoms with Crippen LogP contribution in [0.1, 0.15) is 82.8 Å². The molecule has 1 aromatic rings. The molecule has 11 heteroatoms. The number of likely N-dealkylation sites (N-methyl/N-ethyl adjacent to an activating group) is 1. The van der Waals surface area contributed by atoms with Crippen molar-refractivity contribution in [2.75, 3.05) is 26.7 Å². The molecule has 1 aliphatic carbocycles. The number of alkyl halides is 1. The molecule has 3 saturated heterocycles. The number of esters is 1. The molecule has 1 unspecified atom stereocenters. The minimum absolute atomic E-state index is 0.0273. The maximum Gasteiger partial charge on any atom is 0.313 e. The SMILES string of the molecule is C=CCCC(=O)N(C)[C@@H](C)[C@@H](OC(=O)[C@H]1[C@@H]2O[C@@]3(CC2Br)[C@@H]1C(=O)N(CCCCO)[C@@H]3C(=O)N(CC=C)C1CCCCC1)c1ccccc1. The molecule has 1 saturated carbocycles. The number of carbonyl (C=O) groups excluding carboxylic acids is 4. The monoisotopic (exact) mass is 741 g/mol. The number of hydrogen-bond donors (Lipinski definition) is 1. The van der Waals surface area contributed by atoms with E-state index in [0.29, 0.717) is 32.2 Å². The average Bonchev–Trinajstić information content (AvgIpc) is 3.71. The van der Waals surface area contributed by atoms with Crippen LogP contribution in [0.4, 0.5) is 0 Å². The molecule has 0 aromatic heterocycles. The van der Waals surface area contributed by atoms with Gasteiger partial charge in [0.15, 0.2) is 0 Å². The van der Waals surface area contributed by atoms with Crippen LogP contribution in [0.3, 0.4) is 0 Å². The summed E-state index contributed by atoms with van der Waals surface area (Å²) in [6, 6.07) is 7.93. The fourth-order valence-electron chi connectivity index (χ4n) is 8.54. The van der Waals surface area contributed by atoms with Crippen LogP contribution in [0.5, 0.6) is 0 Å². The quantitative estimate of drug-likeness (QED) is 0.110. The Kier molecular flexibility index (Phi) is 12.4. The predicted molar refractivity (Wildman–Crippen MR) is 189 cm³/mol. The number of allylic oxidation sites excluding steroid dienone is 1. The van der Waals surface area contributed by atoms with Crippen LogP contribution < -0.4 is 0 Å². The van der Waals surface area contributed by atoms with Gasteiger partial charge in [-0.3, -0.25) is 19.2 Å². The molecule has 3 heterocycles. The van der Waals surface area contributed by atoms with Crippen LogP contribution >= 0.6 is 15.9 Å². The van der Waals surface area contributed by atoms with Gasteiger partial charge >= 0.3 is 5.97 Å². The second-order valence-corrected chi connectivity index (χ2v) is 15.2. The van der Waals surface area contributed by atoms with Gasteiger partial charge in [-0.25, -0.2) is 0 Å². The Morgan fingerprint density at radius 2 is 1.86 bits per heavy atom. The Morgan fingerprint density at radius 3 is 2.51 bits per heavy atom. The molecule has 4 fully saturated rings. The van der Waals surface area contributed by atoms with E-state index in [0.717, 1.165) is 37.7 Å². The van der Waals surface area contributed by atoms with Crippen LogP contribution in [0.15, 0.2) is 55.6 Å². The largest absolute Gasteiger partial charge is 0.455 e. The van der Waals surface area contributed by atoms with Crippen molar-refractivity contribution >= 4 is 39.6 Å². The minimum Gasteiger partial charge on any atom is -0.455 e. The van der Waals surface area contributed by atoms with Crippen LogP contribution in [-0.4, -0.2) is 105 Å². The highest BCUT2D eigenvalue weighted by molar-refractivity contribution is 9.09. The van der Waals surface area contributed by atoms with E-state index in [1.54, 1.807) is 29.0 Å². The highest BCUT2D eigenvalue weighted by atomic mass is 79.9. The number of likely N-dealkylation sites (tertiary alicyclic amines) is 1. The zero-order valence-corrected chi connectivity index (χ0v) is 30.5. The predicted octanol–water partition coefficient (Wildman–Crippen LogP) is 4.95. The van der Waals surface area contributed by atoms with E-state index in [1.165, 1.54) is 0 Å². The molecule has 1 spiro atoms. The van der Waals surface area contributed by atoms with Gasteiger partial charge in [0.1, 0.15) is 17.7 Å². The van der Waals surface area contributed by atoms with Crippen LogP contribution in [0.25, 0.3) is 0 Å². The summed E-state index contributed by atoms with van der Waals surface area (Å²) in [4.78, 5) is 61.7. The van der Waals surface area contributed by atoms with Crippen molar-refractivity contribution < 1.29 is 33.8 Å². The standard InChI is InChI=1S/C38H52BrN3O7/c1-5-7-20-29(44)40(4)25(3)32(26-16-10-8-11-17-26)48-37(47)30-31-35(45)42(22-14-15-23-43)34(38(31)24-28(39)33(30)49-38)36(46)41(21-6-2)27-18-12-9-13-19-27/h5-6,8,10-11,16-17,25,27-28,30-34,43H,1-2,7,9,12-15,18-24H2,3-4H3/t25-,28?,30+,31-,32+,33+,34+,38-/m0/s1. The summed E-state index contributed by atoms with van der Waals surface area (Å²) in [6.45, 7) is 10.1. The van der Waals surface area contributed by atoms with E-state index in [-0.39, 0.29) is 48.2 Å². The molecule has 5 rings (SSSR count). The molecule has 3 amide bonds. The lowest BCUT2D eigenvalue weighted by molar-refractivity contribution is -0.164. The Balaban J connectivity index is 1.48. The Labute approximate surface area is 299 Å². The number of carbonyl (C=O) groups is 4. The molecule has 0 radical (unpaired) electrons. The average molecular weight is 743 g/mol. The number of hydrogen-bond acceptors (Lipinski definition) is 7. The van der Waals surface area contributed by atoms with E-state index in [4.69, 9.17) is 9.47 Å². The molecule has 8 atom stereocenters. The number of halogens is 1. The summed E-state index contributed by atoms with van der Waals surface area (Å²) >= 11 is 3.77. The summed E-state index contributed by atoms with van der Waals surface area (Å²) in [5, 5.41) is 9.55. The van der Waals surface area contributed by atoms with Gasteiger partial charge in [0.05, 0.1) is 24.0 Å². The maximum absolute atomic E-state index is 14.8. The highest BCUT2D eigenvalue weighted by Crippen LogP contribution is 2.60. The second-order valence-electron chi connectivity index (χ2n) is 14.0. The number of aliphatic hydroxyl groups is 1. The van der Waals surface area contributed by atoms with E-state index in [1.807, 2.05) is 42.2 Å². The first kappa shape index (κ1) is 37.2. The maximum atomic E-state index is 14.8. The van der Waals surface area contributed by atoms with Crippen molar-refractivity contribution in [3.05, 3.63) is 61.2 Å². The van der Waals surface area contributed by atoms with Crippen LogP contribution in [-0.2, 0) is 28.7 Å². The lowest BCUT2D eigenvalue weighted by Crippen LogP contribution is -2.58. The number of amides is 3. The van der Waals surface area contributed by atoms with Gasteiger partial charge in [0.25, 0.3) is 0 Å². The Hall–Kier alpha value is -3.02. The number of nitrogens with zero attached hydrogens (tertiary/aromatic N) is 3. The zero-order valence-electron chi connectivity index (χ0n) is 28.9. The fourth-order valence-corrected chi connectivity index (χ4v) is 9.49. The van der Waals surface area contributed by atoms with Gasteiger partial charge in [0.2, 0.25) is 17.7 Å². The molecule has 1 aromatic carbocycles. The fraction of sp³-hybridized carbons (Fsp3) is 0.632.